The number of piperidine rings is 2. The maximum absolute atomic E-state index is 12.6. The van der Waals surface area contributed by atoms with Crippen molar-refractivity contribution in [2.24, 2.45) is 11.8 Å². The molecule has 0 aromatic heterocycles. The van der Waals surface area contributed by atoms with Gasteiger partial charge in [-0.15, -0.1) is 0 Å². The Morgan fingerprint density at radius 3 is 2.48 bits per heavy atom. The summed E-state index contributed by atoms with van der Waals surface area (Å²) in [5, 5.41) is 3.42. The fourth-order valence-corrected chi connectivity index (χ4v) is 4.00. The highest BCUT2D eigenvalue weighted by molar-refractivity contribution is 5.79. The van der Waals surface area contributed by atoms with Gasteiger partial charge in [-0.1, -0.05) is 0 Å². The van der Waals surface area contributed by atoms with Crippen LogP contribution in [0.4, 0.5) is 0 Å². The summed E-state index contributed by atoms with van der Waals surface area (Å²) in [4.78, 5) is 14.7. The molecule has 3 fully saturated rings. The van der Waals surface area contributed by atoms with Crippen molar-refractivity contribution in [1.29, 1.82) is 0 Å². The van der Waals surface area contributed by atoms with Gasteiger partial charge in [0.1, 0.15) is 0 Å². The maximum atomic E-state index is 12.6. The van der Waals surface area contributed by atoms with Gasteiger partial charge >= 0.3 is 0 Å². The molecule has 0 radical (unpaired) electrons. The molecule has 0 spiro atoms. The number of nitrogens with one attached hydrogen (secondary N) is 1. The highest BCUT2D eigenvalue weighted by Crippen LogP contribution is 2.35. The Balaban J connectivity index is 1.52. The Labute approximate surface area is 127 Å². The Kier molecular flexibility index (Phi) is 4.52. The average molecular weight is 296 g/mol. The van der Waals surface area contributed by atoms with Crippen LogP contribution in [0.2, 0.25) is 0 Å². The third-order valence-electron chi connectivity index (χ3n) is 5.38. The molecule has 0 aromatic rings. The minimum atomic E-state index is -0.418. The lowest BCUT2D eigenvalue weighted by atomic mass is 9.87. The lowest BCUT2D eigenvalue weighted by Gasteiger charge is -2.40. The molecule has 0 saturated carbocycles. The molecule has 3 heterocycles. The average Bonchev–Trinajstić information content (AvgIpc) is 2.95. The van der Waals surface area contributed by atoms with Gasteiger partial charge in [-0.2, -0.15) is 0 Å². The van der Waals surface area contributed by atoms with Crippen molar-refractivity contribution in [3.8, 4) is 0 Å². The van der Waals surface area contributed by atoms with E-state index in [1.807, 2.05) is 0 Å². The minimum Gasteiger partial charge on any atom is -0.348 e. The van der Waals surface area contributed by atoms with E-state index in [4.69, 9.17) is 9.47 Å². The van der Waals surface area contributed by atoms with Crippen LogP contribution in [0.15, 0.2) is 0 Å². The van der Waals surface area contributed by atoms with E-state index in [1.54, 1.807) is 0 Å². The quantitative estimate of drug-likeness (QED) is 0.836. The van der Waals surface area contributed by atoms with Crippen LogP contribution in [-0.4, -0.2) is 55.5 Å². The summed E-state index contributed by atoms with van der Waals surface area (Å²) in [6, 6.07) is 0.462. The lowest BCUT2D eigenvalue weighted by Crippen LogP contribution is -2.49. The van der Waals surface area contributed by atoms with Crippen molar-refractivity contribution in [2.45, 2.75) is 51.4 Å². The van der Waals surface area contributed by atoms with Crippen molar-refractivity contribution in [3.05, 3.63) is 0 Å². The van der Waals surface area contributed by atoms with E-state index in [9.17, 15) is 4.79 Å². The molecule has 0 unspecified atom stereocenters. The van der Waals surface area contributed by atoms with Gasteiger partial charge in [-0.3, -0.25) is 4.79 Å². The van der Waals surface area contributed by atoms with Gasteiger partial charge in [0.2, 0.25) is 5.91 Å². The van der Waals surface area contributed by atoms with Crippen LogP contribution in [0.5, 0.6) is 0 Å². The number of carbonyl (C=O) groups is 1. The predicted octanol–water partition coefficient (Wildman–Crippen LogP) is 1.38. The molecule has 5 heteroatoms. The van der Waals surface area contributed by atoms with Crippen molar-refractivity contribution in [2.75, 3.05) is 32.8 Å². The van der Waals surface area contributed by atoms with Crippen LogP contribution in [0, 0.1) is 11.8 Å². The SMILES string of the molecule is C[C@H]1C[C@@H](C(=O)N2CCC(C3(C)OCCO3)CC2)CCN1. The summed E-state index contributed by atoms with van der Waals surface area (Å²) in [5.74, 6) is 0.571. The standard InChI is InChI=1S/C16H28N2O3/c1-12-11-13(3-6-17-12)15(19)18-7-4-14(5-8-18)16(2)20-9-10-21-16/h12-14,17H,3-11H2,1-2H3/t12-,13-/m0/s1. The molecule has 3 aliphatic heterocycles. The van der Waals surface area contributed by atoms with Crippen LogP contribution < -0.4 is 5.32 Å². The molecule has 3 rings (SSSR count). The molecule has 21 heavy (non-hydrogen) atoms. The molecule has 5 nitrogen and oxygen atoms in total. The molecule has 1 N–H and O–H groups in total. The number of amides is 1. The Morgan fingerprint density at radius 1 is 1.19 bits per heavy atom. The van der Waals surface area contributed by atoms with E-state index in [2.05, 4.69) is 24.1 Å². The van der Waals surface area contributed by atoms with E-state index in [0.29, 0.717) is 31.1 Å². The number of rotatable bonds is 2. The van der Waals surface area contributed by atoms with Crippen LogP contribution >= 0.6 is 0 Å². The maximum Gasteiger partial charge on any atom is 0.225 e. The van der Waals surface area contributed by atoms with Gasteiger partial charge in [0.15, 0.2) is 5.79 Å². The Hall–Kier alpha value is -0.650. The predicted molar refractivity (Wildman–Crippen MR) is 79.8 cm³/mol. The number of ether oxygens (including phenoxy) is 2. The number of carbonyl (C=O) groups excluding carboxylic acids is 1. The van der Waals surface area contributed by atoms with Gasteiger partial charge in [0, 0.05) is 31.0 Å². The first-order valence-corrected chi connectivity index (χ1v) is 8.38. The highest BCUT2D eigenvalue weighted by atomic mass is 16.7. The van der Waals surface area contributed by atoms with Crippen molar-refractivity contribution >= 4 is 5.91 Å². The van der Waals surface area contributed by atoms with E-state index < -0.39 is 5.79 Å². The zero-order valence-corrected chi connectivity index (χ0v) is 13.3. The van der Waals surface area contributed by atoms with Crippen LogP contribution in [0.3, 0.4) is 0 Å². The Bertz CT molecular complexity index is 374. The third kappa shape index (κ3) is 3.25. The van der Waals surface area contributed by atoms with Crippen LogP contribution in [0.1, 0.15) is 39.5 Å². The monoisotopic (exact) mass is 296 g/mol. The van der Waals surface area contributed by atoms with E-state index in [1.165, 1.54) is 0 Å². The summed E-state index contributed by atoms with van der Waals surface area (Å²) in [5.41, 5.74) is 0. The zero-order valence-electron chi connectivity index (χ0n) is 13.3. The minimum absolute atomic E-state index is 0.215. The highest BCUT2D eigenvalue weighted by Gasteiger charge is 2.42. The summed E-state index contributed by atoms with van der Waals surface area (Å²) < 4.78 is 11.5. The molecule has 3 saturated heterocycles. The molecular weight excluding hydrogens is 268 g/mol. The number of likely N-dealkylation sites (tertiary alicyclic amines) is 1. The molecule has 0 aliphatic carbocycles. The molecule has 2 atom stereocenters. The first-order chi connectivity index (χ1) is 10.1. The molecule has 3 aliphatic rings. The van der Waals surface area contributed by atoms with Crippen molar-refractivity contribution < 1.29 is 14.3 Å². The second-order valence-corrected chi connectivity index (χ2v) is 6.89. The first-order valence-electron chi connectivity index (χ1n) is 8.38. The van der Waals surface area contributed by atoms with Gasteiger partial charge < -0.3 is 19.7 Å². The summed E-state index contributed by atoms with van der Waals surface area (Å²) in [7, 11) is 0. The van der Waals surface area contributed by atoms with Gasteiger partial charge in [0.05, 0.1) is 13.2 Å². The van der Waals surface area contributed by atoms with E-state index in [-0.39, 0.29) is 5.92 Å². The molecular formula is C16H28N2O3. The molecule has 1 amide bonds. The zero-order chi connectivity index (χ0) is 14.9. The smallest absolute Gasteiger partial charge is 0.225 e. The van der Waals surface area contributed by atoms with Crippen LogP contribution in [-0.2, 0) is 14.3 Å². The second-order valence-electron chi connectivity index (χ2n) is 6.89. The Morgan fingerprint density at radius 2 is 1.86 bits per heavy atom. The topological polar surface area (TPSA) is 50.8 Å². The van der Waals surface area contributed by atoms with Gasteiger partial charge in [-0.05, 0) is 46.1 Å². The van der Waals surface area contributed by atoms with Crippen molar-refractivity contribution in [3.63, 3.8) is 0 Å². The number of hydrogen-bond donors (Lipinski definition) is 1. The fourth-order valence-electron chi connectivity index (χ4n) is 4.00. The summed E-state index contributed by atoms with van der Waals surface area (Å²) >= 11 is 0. The summed E-state index contributed by atoms with van der Waals surface area (Å²) in [6.07, 6.45) is 3.93. The first kappa shape index (κ1) is 15.3. The normalized spacial score (nSPS) is 34.1. The molecule has 120 valence electrons. The summed E-state index contributed by atoms with van der Waals surface area (Å²) in [6.45, 7) is 8.28. The van der Waals surface area contributed by atoms with Gasteiger partial charge in [-0.25, -0.2) is 0 Å². The third-order valence-corrected chi connectivity index (χ3v) is 5.38. The largest absolute Gasteiger partial charge is 0.348 e. The van der Waals surface area contributed by atoms with Gasteiger partial charge in [0.25, 0.3) is 0 Å². The molecule has 0 aromatic carbocycles. The molecule has 0 bridgehead atoms. The van der Waals surface area contributed by atoms with E-state index >= 15 is 0 Å². The van der Waals surface area contributed by atoms with Crippen LogP contribution in [0.25, 0.3) is 0 Å². The number of nitrogens with zero attached hydrogens (tertiary/aromatic N) is 1. The van der Waals surface area contributed by atoms with Crippen molar-refractivity contribution in [1.82, 2.24) is 10.2 Å². The fraction of sp³-hybridized carbons (Fsp3) is 0.938. The lowest BCUT2D eigenvalue weighted by molar-refractivity contribution is -0.192. The van der Waals surface area contributed by atoms with E-state index in [0.717, 1.165) is 45.3 Å². The number of hydrogen-bond acceptors (Lipinski definition) is 4. The second kappa shape index (κ2) is 6.23.